The standard InChI is InChI=1S/C7H13N5S2/c1-13-2-3-14-4-5-10-6(8)12-7(9)11-5/h2-4H2,1H3,(H4,8,9,10,11,12). The molecule has 0 aliphatic carbocycles. The molecule has 0 bridgehead atoms. The van der Waals surface area contributed by atoms with Crippen molar-refractivity contribution in [3.63, 3.8) is 0 Å². The highest BCUT2D eigenvalue weighted by molar-refractivity contribution is 8.02. The van der Waals surface area contributed by atoms with E-state index in [0.717, 1.165) is 17.3 Å². The molecule has 0 unspecified atom stereocenters. The summed E-state index contributed by atoms with van der Waals surface area (Å²) in [5.41, 5.74) is 10.9. The molecule has 7 heteroatoms. The second kappa shape index (κ2) is 5.92. The lowest BCUT2D eigenvalue weighted by molar-refractivity contribution is 0.988. The van der Waals surface area contributed by atoms with Crippen LogP contribution in [0.5, 0.6) is 0 Å². The average molecular weight is 231 g/mol. The highest BCUT2D eigenvalue weighted by Gasteiger charge is 2.01. The van der Waals surface area contributed by atoms with Crippen molar-refractivity contribution in [2.45, 2.75) is 5.75 Å². The van der Waals surface area contributed by atoms with E-state index < -0.39 is 0 Å². The first-order chi connectivity index (χ1) is 6.72. The predicted octanol–water partition coefficient (Wildman–Crippen LogP) is 0.632. The summed E-state index contributed by atoms with van der Waals surface area (Å²) >= 11 is 3.58. The summed E-state index contributed by atoms with van der Waals surface area (Å²) in [4.78, 5) is 11.7. The summed E-state index contributed by atoms with van der Waals surface area (Å²) in [5, 5.41) is 0. The number of nitrogens with zero attached hydrogens (tertiary/aromatic N) is 3. The van der Waals surface area contributed by atoms with Gasteiger partial charge in [-0.1, -0.05) is 0 Å². The smallest absolute Gasteiger partial charge is 0.225 e. The summed E-state index contributed by atoms with van der Waals surface area (Å²) in [5.74, 6) is 3.97. The largest absolute Gasteiger partial charge is 0.368 e. The first-order valence-corrected chi connectivity index (χ1v) is 6.60. The van der Waals surface area contributed by atoms with Crippen LogP contribution in [0.4, 0.5) is 11.9 Å². The van der Waals surface area contributed by atoms with Gasteiger partial charge in [-0.2, -0.15) is 38.5 Å². The van der Waals surface area contributed by atoms with Gasteiger partial charge < -0.3 is 11.5 Å². The molecule has 0 radical (unpaired) electrons. The van der Waals surface area contributed by atoms with Gasteiger partial charge in [-0.05, 0) is 6.26 Å². The van der Waals surface area contributed by atoms with E-state index in [1.807, 2.05) is 11.8 Å². The van der Waals surface area contributed by atoms with Crippen LogP contribution in [0.15, 0.2) is 0 Å². The molecular weight excluding hydrogens is 218 g/mol. The van der Waals surface area contributed by atoms with Crippen molar-refractivity contribution in [1.29, 1.82) is 0 Å². The molecule has 0 aromatic carbocycles. The second-order valence-corrected chi connectivity index (χ2v) is 4.60. The zero-order valence-corrected chi connectivity index (χ0v) is 9.57. The molecule has 0 fully saturated rings. The SMILES string of the molecule is CSCCSCc1nc(N)nc(N)n1. The van der Waals surface area contributed by atoms with Gasteiger partial charge in [0.05, 0.1) is 5.75 Å². The minimum absolute atomic E-state index is 0.193. The number of hydrogen-bond acceptors (Lipinski definition) is 7. The molecule has 5 nitrogen and oxygen atoms in total. The van der Waals surface area contributed by atoms with E-state index in [-0.39, 0.29) is 11.9 Å². The van der Waals surface area contributed by atoms with E-state index >= 15 is 0 Å². The van der Waals surface area contributed by atoms with Crippen LogP contribution >= 0.6 is 23.5 Å². The van der Waals surface area contributed by atoms with Gasteiger partial charge in [-0.25, -0.2) is 0 Å². The Morgan fingerprint density at radius 2 is 1.71 bits per heavy atom. The van der Waals surface area contributed by atoms with Gasteiger partial charge in [0.2, 0.25) is 11.9 Å². The Balaban J connectivity index is 2.42. The van der Waals surface area contributed by atoms with Gasteiger partial charge >= 0.3 is 0 Å². The van der Waals surface area contributed by atoms with Crippen molar-refractivity contribution in [1.82, 2.24) is 15.0 Å². The maximum atomic E-state index is 5.43. The van der Waals surface area contributed by atoms with Gasteiger partial charge in [-0.3, -0.25) is 0 Å². The number of thioether (sulfide) groups is 2. The van der Waals surface area contributed by atoms with E-state index in [9.17, 15) is 0 Å². The van der Waals surface area contributed by atoms with Crippen LogP contribution in [-0.2, 0) is 5.75 Å². The molecule has 1 rings (SSSR count). The molecule has 0 amide bonds. The summed E-state index contributed by atoms with van der Waals surface area (Å²) in [7, 11) is 0. The lowest BCUT2D eigenvalue weighted by Crippen LogP contribution is -2.06. The first-order valence-electron chi connectivity index (χ1n) is 4.05. The van der Waals surface area contributed by atoms with Crippen molar-refractivity contribution < 1.29 is 0 Å². The van der Waals surface area contributed by atoms with Gasteiger partial charge in [-0.15, -0.1) is 0 Å². The van der Waals surface area contributed by atoms with E-state index in [4.69, 9.17) is 11.5 Å². The number of anilines is 2. The Morgan fingerprint density at radius 1 is 1.07 bits per heavy atom. The van der Waals surface area contributed by atoms with Gasteiger partial charge in [0.1, 0.15) is 5.82 Å². The van der Waals surface area contributed by atoms with Gasteiger partial charge in [0.25, 0.3) is 0 Å². The van der Waals surface area contributed by atoms with Crippen LogP contribution in [0.1, 0.15) is 5.82 Å². The molecule has 14 heavy (non-hydrogen) atoms. The third-order valence-corrected chi connectivity index (χ3v) is 3.21. The maximum absolute atomic E-state index is 5.43. The normalized spacial score (nSPS) is 10.4. The van der Waals surface area contributed by atoms with Crippen molar-refractivity contribution in [2.75, 3.05) is 29.2 Å². The monoisotopic (exact) mass is 231 g/mol. The Hall–Kier alpha value is -0.690. The molecule has 0 spiro atoms. The maximum Gasteiger partial charge on any atom is 0.225 e. The number of nitrogen functional groups attached to an aromatic ring is 2. The number of hydrogen-bond donors (Lipinski definition) is 2. The fourth-order valence-corrected chi connectivity index (χ4v) is 2.42. The highest BCUT2D eigenvalue weighted by Crippen LogP contribution is 2.11. The topological polar surface area (TPSA) is 90.7 Å². The molecule has 0 atom stereocenters. The van der Waals surface area contributed by atoms with Crippen LogP contribution in [0.3, 0.4) is 0 Å². The molecule has 0 saturated heterocycles. The Kier molecular flexibility index (Phi) is 4.81. The lowest BCUT2D eigenvalue weighted by Gasteiger charge is -2.01. The fourth-order valence-electron chi connectivity index (χ4n) is 0.827. The zero-order valence-electron chi connectivity index (χ0n) is 7.93. The average Bonchev–Trinajstić information content (AvgIpc) is 2.11. The first kappa shape index (κ1) is 11.4. The summed E-state index contributed by atoms with van der Waals surface area (Å²) < 4.78 is 0. The number of rotatable bonds is 5. The molecular formula is C7H13N5S2. The number of aromatic nitrogens is 3. The van der Waals surface area contributed by atoms with Crippen LogP contribution < -0.4 is 11.5 Å². The van der Waals surface area contributed by atoms with Crippen LogP contribution in [-0.4, -0.2) is 32.7 Å². The molecule has 1 aromatic rings. The minimum atomic E-state index is 0.193. The van der Waals surface area contributed by atoms with Crippen LogP contribution in [0, 0.1) is 0 Å². The zero-order chi connectivity index (χ0) is 10.4. The van der Waals surface area contributed by atoms with Crippen molar-refractivity contribution in [3.8, 4) is 0 Å². The molecule has 0 saturated carbocycles. The van der Waals surface area contributed by atoms with E-state index in [1.165, 1.54) is 0 Å². The Morgan fingerprint density at radius 3 is 2.29 bits per heavy atom. The Labute approximate surface area is 91.5 Å². The lowest BCUT2D eigenvalue weighted by atomic mass is 10.7. The quantitative estimate of drug-likeness (QED) is 0.718. The Bertz CT molecular complexity index is 273. The highest BCUT2D eigenvalue weighted by atomic mass is 32.2. The number of nitrogens with two attached hydrogens (primary N) is 2. The van der Waals surface area contributed by atoms with Crippen LogP contribution in [0.2, 0.25) is 0 Å². The van der Waals surface area contributed by atoms with Gasteiger partial charge in [0.15, 0.2) is 0 Å². The fraction of sp³-hybridized carbons (Fsp3) is 0.571. The van der Waals surface area contributed by atoms with Crippen molar-refractivity contribution >= 4 is 35.4 Å². The molecule has 4 N–H and O–H groups in total. The minimum Gasteiger partial charge on any atom is -0.368 e. The third kappa shape index (κ3) is 4.01. The van der Waals surface area contributed by atoms with Crippen molar-refractivity contribution in [3.05, 3.63) is 5.82 Å². The summed E-state index contributed by atoms with van der Waals surface area (Å²) in [6, 6.07) is 0. The molecule has 1 aromatic heterocycles. The molecule has 0 aliphatic heterocycles. The molecule has 78 valence electrons. The van der Waals surface area contributed by atoms with Crippen molar-refractivity contribution in [2.24, 2.45) is 0 Å². The van der Waals surface area contributed by atoms with E-state index in [1.54, 1.807) is 11.8 Å². The van der Waals surface area contributed by atoms with E-state index in [0.29, 0.717) is 5.82 Å². The third-order valence-electron chi connectivity index (χ3n) is 1.38. The summed E-state index contributed by atoms with van der Waals surface area (Å²) in [6.07, 6.45) is 2.08. The molecule has 1 heterocycles. The van der Waals surface area contributed by atoms with E-state index in [2.05, 4.69) is 21.2 Å². The summed E-state index contributed by atoms with van der Waals surface area (Å²) in [6.45, 7) is 0. The van der Waals surface area contributed by atoms with Crippen LogP contribution in [0.25, 0.3) is 0 Å². The second-order valence-electron chi connectivity index (χ2n) is 2.51. The molecule has 0 aliphatic rings. The van der Waals surface area contributed by atoms with Gasteiger partial charge in [0, 0.05) is 11.5 Å². The predicted molar refractivity (Wildman–Crippen MR) is 63.2 cm³/mol.